The summed E-state index contributed by atoms with van der Waals surface area (Å²) in [6, 6.07) is 7.43. The first kappa shape index (κ1) is 16.2. The predicted molar refractivity (Wildman–Crippen MR) is 89.2 cm³/mol. The highest BCUT2D eigenvalue weighted by molar-refractivity contribution is 5.83. The van der Waals surface area contributed by atoms with E-state index in [0.29, 0.717) is 31.2 Å². The molecule has 0 saturated carbocycles. The number of aryl methyl sites for hydroxylation is 1. The Morgan fingerprint density at radius 1 is 1.33 bits per heavy atom. The fourth-order valence-corrected chi connectivity index (χ4v) is 2.68. The quantitative estimate of drug-likeness (QED) is 0.695. The van der Waals surface area contributed by atoms with Crippen molar-refractivity contribution in [2.24, 2.45) is 0 Å². The molecule has 3 aromatic rings. The molecule has 0 bridgehead atoms. The lowest BCUT2D eigenvalue weighted by Gasteiger charge is -2.24. The van der Waals surface area contributed by atoms with Gasteiger partial charge in [-0.15, -0.1) is 0 Å². The zero-order chi connectivity index (χ0) is 17.1. The van der Waals surface area contributed by atoms with E-state index in [4.69, 9.17) is 4.52 Å². The van der Waals surface area contributed by atoms with Gasteiger partial charge in [-0.3, -0.25) is 4.79 Å². The standard InChI is InChI=1S/C17H21N5O2/c1-4-15-19-16(24-20-15)10-21(5-2)17(23)12(3)22-11-18-13-8-6-7-9-14(13)22/h6-9,11-12H,4-5,10H2,1-3H3/t12-/m1/s1. The van der Waals surface area contributed by atoms with Crippen LogP contribution in [0.5, 0.6) is 0 Å². The maximum Gasteiger partial charge on any atom is 0.246 e. The minimum Gasteiger partial charge on any atom is -0.337 e. The van der Waals surface area contributed by atoms with Gasteiger partial charge >= 0.3 is 0 Å². The highest BCUT2D eigenvalue weighted by Gasteiger charge is 2.24. The number of rotatable bonds is 6. The number of hydrogen-bond acceptors (Lipinski definition) is 5. The van der Waals surface area contributed by atoms with Crippen LogP contribution in [0.1, 0.15) is 38.5 Å². The maximum absolute atomic E-state index is 12.9. The third-order valence-electron chi connectivity index (χ3n) is 4.10. The fourth-order valence-electron chi connectivity index (χ4n) is 2.68. The summed E-state index contributed by atoms with van der Waals surface area (Å²) in [6.07, 6.45) is 2.42. The molecule has 2 aromatic heterocycles. The minimum atomic E-state index is -0.356. The number of aromatic nitrogens is 4. The number of carbonyl (C=O) groups excluding carboxylic acids is 1. The number of hydrogen-bond donors (Lipinski definition) is 0. The Kier molecular flexibility index (Phi) is 4.59. The van der Waals surface area contributed by atoms with Gasteiger partial charge in [-0.2, -0.15) is 4.98 Å². The Morgan fingerprint density at radius 2 is 2.12 bits per heavy atom. The smallest absolute Gasteiger partial charge is 0.246 e. The first-order valence-corrected chi connectivity index (χ1v) is 8.15. The topological polar surface area (TPSA) is 77.0 Å². The van der Waals surface area contributed by atoms with Gasteiger partial charge in [-0.25, -0.2) is 4.98 Å². The summed E-state index contributed by atoms with van der Waals surface area (Å²) in [5, 5.41) is 3.88. The zero-order valence-corrected chi connectivity index (χ0v) is 14.1. The molecule has 126 valence electrons. The lowest BCUT2D eigenvalue weighted by molar-refractivity contribution is -0.135. The van der Waals surface area contributed by atoms with Crippen LogP contribution in [0.3, 0.4) is 0 Å². The monoisotopic (exact) mass is 327 g/mol. The molecule has 0 fully saturated rings. The molecule has 0 N–H and O–H groups in total. The summed E-state index contributed by atoms with van der Waals surface area (Å²) in [7, 11) is 0. The van der Waals surface area contributed by atoms with Crippen molar-refractivity contribution in [3.63, 3.8) is 0 Å². The number of likely N-dealkylation sites (N-methyl/N-ethyl adjacent to an activating group) is 1. The van der Waals surface area contributed by atoms with Gasteiger partial charge in [0.15, 0.2) is 5.82 Å². The van der Waals surface area contributed by atoms with Crippen molar-refractivity contribution >= 4 is 16.9 Å². The van der Waals surface area contributed by atoms with Crippen molar-refractivity contribution < 1.29 is 9.32 Å². The fraction of sp³-hybridized carbons (Fsp3) is 0.412. The first-order chi connectivity index (χ1) is 11.6. The van der Waals surface area contributed by atoms with Crippen molar-refractivity contribution in [2.75, 3.05) is 6.54 Å². The van der Waals surface area contributed by atoms with Gasteiger partial charge in [0.05, 0.1) is 17.4 Å². The van der Waals surface area contributed by atoms with Crippen LogP contribution in [0.25, 0.3) is 11.0 Å². The molecular formula is C17H21N5O2. The molecule has 0 radical (unpaired) electrons. The number of para-hydroxylation sites is 2. The second-order valence-corrected chi connectivity index (χ2v) is 5.63. The van der Waals surface area contributed by atoms with E-state index in [0.717, 1.165) is 11.0 Å². The molecule has 2 heterocycles. The van der Waals surface area contributed by atoms with Crippen molar-refractivity contribution in [3.8, 4) is 0 Å². The second-order valence-electron chi connectivity index (χ2n) is 5.63. The Hall–Kier alpha value is -2.70. The Balaban J connectivity index is 1.80. The molecule has 3 rings (SSSR count). The van der Waals surface area contributed by atoms with Crippen LogP contribution >= 0.6 is 0 Å². The molecule has 0 unspecified atom stereocenters. The summed E-state index contributed by atoms with van der Waals surface area (Å²) < 4.78 is 7.10. The summed E-state index contributed by atoms with van der Waals surface area (Å²) >= 11 is 0. The van der Waals surface area contributed by atoms with Gasteiger partial charge in [-0.1, -0.05) is 24.2 Å². The number of carbonyl (C=O) groups is 1. The zero-order valence-electron chi connectivity index (χ0n) is 14.1. The highest BCUT2D eigenvalue weighted by Crippen LogP contribution is 2.19. The molecule has 0 aliphatic heterocycles. The molecule has 0 aliphatic carbocycles. The maximum atomic E-state index is 12.9. The van der Waals surface area contributed by atoms with E-state index in [1.54, 1.807) is 11.2 Å². The van der Waals surface area contributed by atoms with E-state index in [1.165, 1.54) is 0 Å². The van der Waals surface area contributed by atoms with Crippen LogP contribution in [0.15, 0.2) is 35.1 Å². The van der Waals surface area contributed by atoms with Gasteiger partial charge in [0.25, 0.3) is 0 Å². The third-order valence-corrected chi connectivity index (χ3v) is 4.10. The van der Waals surface area contributed by atoms with Crippen molar-refractivity contribution in [3.05, 3.63) is 42.3 Å². The highest BCUT2D eigenvalue weighted by atomic mass is 16.5. The van der Waals surface area contributed by atoms with E-state index in [9.17, 15) is 4.79 Å². The van der Waals surface area contributed by atoms with Crippen molar-refractivity contribution in [1.82, 2.24) is 24.6 Å². The molecule has 1 aromatic carbocycles. The third kappa shape index (κ3) is 3.02. The molecule has 1 amide bonds. The van der Waals surface area contributed by atoms with Crippen LogP contribution in [0.2, 0.25) is 0 Å². The summed E-state index contributed by atoms with van der Waals surface area (Å²) in [5.41, 5.74) is 1.82. The molecule has 0 aliphatic rings. The lowest BCUT2D eigenvalue weighted by Crippen LogP contribution is -2.35. The van der Waals surface area contributed by atoms with E-state index in [2.05, 4.69) is 15.1 Å². The van der Waals surface area contributed by atoms with E-state index in [-0.39, 0.29) is 11.9 Å². The Labute approximate surface area is 140 Å². The number of imidazole rings is 1. The van der Waals surface area contributed by atoms with Gasteiger partial charge in [0.2, 0.25) is 11.8 Å². The van der Waals surface area contributed by atoms with Crippen molar-refractivity contribution in [2.45, 2.75) is 39.8 Å². The summed E-state index contributed by atoms with van der Waals surface area (Å²) in [4.78, 5) is 23.2. The molecule has 0 spiro atoms. The second kappa shape index (κ2) is 6.82. The van der Waals surface area contributed by atoms with Gasteiger partial charge < -0.3 is 14.0 Å². The first-order valence-electron chi connectivity index (χ1n) is 8.15. The van der Waals surface area contributed by atoms with Gasteiger partial charge in [0, 0.05) is 13.0 Å². The SMILES string of the molecule is CCc1noc(CN(CC)C(=O)[C@@H](C)n2cnc3ccccc32)n1. The number of benzene rings is 1. The molecule has 7 nitrogen and oxygen atoms in total. The minimum absolute atomic E-state index is 0.00287. The molecule has 1 atom stereocenters. The van der Waals surface area contributed by atoms with E-state index in [1.807, 2.05) is 49.6 Å². The van der Waals surface area contributed by atoms with Crippen molar-refractivity contribution in [1.29, 1.82) is 0 Å². The van der Waals surface area contributed by atoms with E-state index >= 15 is 0 Å². The van der Waals surface area contributed by atoms with Crippen LogP contribution in [0, 0.1) is 0 Å². The Bertz CT molecular complexity index is 838. The summed E-state index contributed by atoms with van der Waals surface area (Å²) in [6.45, 7) is 6.67. The number of amides is 1. The van der Waals surface area contributed by atoms with Gasteiger partial charge in [0.1, 0.15) is 12.6 Å². The number of nitrogens with zero attached hydrogens (tertiary/aromatic N) is 5. The molecule has 7 heteroatoms. The normalized spacial score (nSPS) is 12.5. The van der Waals surface area contributed by atoms with Gasteiger partial charge in [-0.05, 0) is 26.0 Å². The van der Waals surface area contributed by atoms with Crippen LogP contribution in [0.4, 0.5) is 0 Å². The predicted octanol–water partition coefficient (Wildman–Crippen LogP) is 2.59. The largest absolute Gasteiger partial charge is 0.337 e. The summed E-state index contributed by atoms with van der Waals surface area (Å²) in [5.74, 6) is 1.11. The van der Waals surface area contributed by atoms with Crippen LogP contribution in [-0.2, 0) is 17.8 Å². The lowest BCUT2D eigenvalue weighted by atomic mass is 10.2. The van der Waals surface area contributed by atoms with Crippen LogP contribution < -0.4 is 0 Å². The molecule has 0 saturated heterocycles. The van der Waals surface area contributed by atoms with E-state index < -0.39 is 0 Å². The average molecular weight is 327 g/mol. The Morgan fingerprint density at radius 3 is 2.83 bits per heavy atom. The number of fused-ring (bicyclic) bond motifs is 1. The van der Waals surface area contributed by atoms with Crippen LogP contribution in [-0.4, -0.2) is 37.0 Å². The molecule has 24 heavy (non-hydrogen) atoms. The average Bonchev–Trinajstić information content (AvgIpc) is 3.25. The molecular weight excluding hydrogens is 306 g/mol.